The van der Waals surface area contributed by atoms with Crippen molar-refractivity contribution in [2.24, 2.45) is 0 Å². The van der Waals surface area contributed by atoms with E-state index in [0.717, 1.165) is 0 Å². The molecule has 0 saturated heterocycles. The maximum Gasteiger partial charge on any atom is 5.00 e. The number of hydrogen-bond donors (Lipinski definition) is 0. The van der Waals surface area contributed by atoms with Gasteiger partial charge in [-0.2, -0.15) is 0 Å². The molecule has 0 amide bonds. The third-order valence-electron chi connectivity index (χ3n) is 0. The van der Waals surface area contributed by atoms with E-state index in [2.05, 4.69) is 0 Å². The van der Waals surface area contributed by atoms with Gasteiger partial charge >= 0.3 is 34.7 Å². The Labute approximate surface area is 63.5 Å². The van der Waals surface area contributed by atoms with E-state index in [1.807, 2.05) is 0 Å². The van der Waals surface area contributed by atoms with Crippen LogP contribution in [0.15, 0.2) is 0 Å². The van der Waals surface area contributed by atoms with Gasteiger partial charge in [-0.1, -0.05) is 0 Å². The summed E-state index contributed by atoms with van der Waals surface area (Å²) in [4.78, 5) is 0. The normalized spacial score (nSPS) is 0.222. The van der Waals surface area contributed by atoms with Crippen molar-refractivity contribution in [2.75, 3.05) is 0 Å². The van der Waals surface area contributed by atoms with Crippen LogP contribution in [0.5, 0.6) is 0 Å². The van der Waals surface area contributed by atoms with Crippen molar-refractivity contribution in [3.63, 3.8) is 0 Å². The maximum atomic E-state index is 7.25. The molecule has 0 bridgehead atoms. The molecule has 9 heavy (non-hydrogen) atoms. The maximum absolute atomic E-state index is 7.25. The summed E-state index contributed by atoms with van der Waals surface area (Å²) in [6.07, 6.45) is 0. The molecule has 0 spiro atoms. The van der Waals surface area contributed by atoms with Crippen LogP contribution < -0.4 is 28.2 Å². The summed E-state index contributed by atoms with van der Waals surface area (Å²) < 4.78 is 7.25. The van der Waals surface area contributed by atoms with Crippen LogP contribution >= 0.6 is 0 Å². The van der Waals surface area contributed by atoms with Crippen molar-refractivity contribution in [3.8, 4) is 0 Å². The second kappa shape index (κ2) is 86700. The fourth-order valence-electron chi connectivity index (χ4n) is 0. The van der Waals surface area contributed by atoms with E-state index < -0.39 is 0 Å². The van der Waals surface area contributed by atoms with Gasteiger partial charge in [0, 0.05) is 0 Å². The van der Waals surface area contributed by atoms with Gasteiger partial charge in [-0.15, -0.1) is 0 Å². The Kier molecular flexibility index (Phi) is 4980000. The van der Waals surface area contributed by atoms with Gasteiger partial charge in [0.15, 0.2) is 0 Å². The molecule has 0 aromatic carbocycles. The van der Waals surface area contributed by atoms with Crippen LogP contribution in [-0.2, 0) is 4.77 Å². The second-order valence-electron chi connectivity index (χ2n) is 0. The van der Waals surface area contributed by atoms with Crippen LogP contribution in [0.25, 0.3) is 0 Å². The van der Waals surface area contributed by atoms with Gasteiger partial charge in [0.2, 0.25) is 0 Å². The van der Waals surface area contributed by atoms with Crippen molar-refractivity contribution in [1.29, 1.82) is 5.46 Å². The van der Waals surface area contributed by atoms with Gasteiger partial charge < -0.3 is 28.2 Å². The van der Waals surface area contributed by atoms with Gasteiger partial charge in [-0.3, -0.25) is 0 Å². The predicted octanol–water partition coefficient (Wildman–Crippen LogP) is -18.5. The van der Waals surface area contributed by atoms with Crippen LogP contribution in [0.3, 0.4) is 0 Å². The van der Waals surface area contributed by atoms with Crippen LogP contribution in [0.4, 0.5) is 0 Å². The molecule has 0 aromatic heterocycles. The molecule has 0 radical (unpaired) electrons. The first kappa shape index (κ1) is 517. The van der Waals surface area contributed by atoms with E-state index in [9.17, 15) is 0 Å². The molecule has 58 valence electrons. The molecule has 0 aromatic rings. The van der Waals surface area contributed by atoms with E-state index in [4.69, 9.17) is 10.2 Å². The van der Waals surface area contributed by atoms with Gasteiger partial charge in [0.25, 0.3) is 0 Å². The minimum absolute atomic E-state index is 0. The summed E-state index contributed by atoms with van der Waals surface area (Å²) in [5.74, 6) is 0. The van der Waals surface area contributed by atoms with E-state index >= 15 is 0 Å². The minimum Gasteiger partial charge on any atom is -1.00 e. The first-order chi connectivity index (χ1) is 1.00. The Morgan fingerprint density at radius 2 is 0.556 bits per heavy atom. The van der Waals surface area contributed by atoms with Crippen molar-refractivity contribution in [3.05, 3.63) is 0 Å². The number of halogens is 6. The van der Waals surface area contributed by atoms with Crippen molar-refractivity contribution in [1.82, 2.24) is 0 Å². The van der Waals surface area contributed by atoms with Crippen molar-refractivity contribution in [2.45, 2.75) is 0 Å². The monoisotopic (exact) mass is 265 g/mol. The van der Waals surface area contributed by atoms with Crippen LogP contribution in [0, 0.1) is 5.46 Å². The number of nitrogens with zero attached hydrogens (tertiary/aromatic N) is 1. The Balaban J connectivity index is -0.000000000238. The van der Waals surface area contributed by atoms with Crippen LogP contribution in [-0.4, -0.2) is 24.4 Å². The van der Waals surface area contributed by atoms with Crippen molar-refractivity contribution < 1.29 is 33.0 Å². The Bertz CT molecular complexity index is 17.8. The summed E-state index contributed by atoms with van der Waals surface area (Å²) in [6.45, 7) is 0. The molecule has 2 nitrogen and oxygen atoms in total. The van der Waals surface area contributed by atoms with Gasteiger partial charge in [-0.25, -0.2) is 0 Å². The van der Waals surface area contributed by atoms with Crippen molar-refractivity contribution >= 4 is 24.4 Å². The molecule has 0 aliphatic rings. The standard InChI is InChI=1S/6FH.NO.Sb/c;;;;;;1-2;/h6*1H;;/q;;;;;;+1;+5/p-6. The first-order valence-corrected chi connectivity index (χ1v) is 0.183. The summed E-state index contributed by atoms with van der Waals surface area (Å²) in [6, 6.07) is 0. The molecule has 0 aliphatic heterocycles. The summed E-state index contributed by atoms with van der Waals surface area (Å²) >= 11 is 0. The first-order valence-electron chi connectivity index (χ1n) is 0.183. The van der Waals surface area contributed by atoms with Gasteiger partial charge in [-0.05, 0) is 0 Å². The fourth-order valence-corrected chi connectivity index (χ4v) is 0. The average Bonchev–Trinajstić information content (AvgIpc) is 1.00. The third kappa shape index (κ3) is 63900. The SMILES string of the molecule is N#[O+].[F-].[F-].[F-].[F-].[F-].[F-].[Sb+5]. The predicted molar refractivity (Wildman–Crippen MR) is 8.17 cm³/mol. The summed E-state index contributed by atoms with van der Waals surface area (Å²) in [5.41, 5.74) is 5.75. The van der Waals surface area contributed by atoms with Crippen LogP contribution in [0.1, 0.15) is 0 Å². The minimum atomic E-state index is 0. The van der Waals surface area contributed by atoms with E-state index in [1.54, 1.807) is 0 Å². The molecule has 0 fully saturated rings. The van der Waals surface area contributed by atoms with Crippen LogP contribution in [0.2, 0.25) is 0 Å². The molecule has 0 N–H and O–H groups in total. The smallest absolute Gasteiger partial charge is 1.00 e. The topological polar surface area (TPSA) is 43.7 Å². The molecular weight excluding hydrogens is 266 g/mol. The average molecular weight is 266 g/mol. The van der Waals surface area contributed by atoms with Gasteiger partial charge in [0.05, 0.1) is 0 Å². The van der Waals surface area contributed by atoms with E-state index in [1.165, 1.54) is 0 Å². The zero-order valence-corrected chi connectivity index (χ0v) is 6.12. The quantitative estimate of drug-likeness (QED) is 0.244. The Hall–Kier alpha value is 0.0682. The van der Waals surface area contributed by atoms with E-state index in [0.29, 0.717) is 0 Å². The summed E-state index contributed by atoms with van der Waals surface area (Å²) in [7, 11) is 0. The molecule has 0 saturated carbocycles. The second-order valence-corrected chi connectivity index (χ2v) is 0. The third-order valence-corrected chi connectivity index (χ3v) is 0. The Morgan fingerprint density at radius 3 is 0.556 bits per heavy atom. The molecule has 0 rings (SSSR count). The molecule has 0 unspecified atom stereocenters. The fraction of sp³-hybridized carbons (Fsp3) is 0. The number of rotatable bonds is 0. The number of hydrogen-bond acceptors (Lipinski definition) is 1. The zero-order valence-electron chi connectivity index (χ0n) is 3.57. The van der Waals surface area contributed by atoms with Gasteiger partial charge in [0.1, 0.15) is 0 Å². The zero-order chi connectivity index (χ0) is 2.00. The summed E-state index contributed by atoms with van der Waals surface area (Å²) in [5, 5.41) is 0. The molecule has 0 heterocycles. The molecule has 9 heteroatoms. The molecule has 0 aliphatic carbocycles. The molecular formula is F6NOSb. The Morgan fingerprint density at radius 1 is 0.556 bits per heavy atom. The largest absolute Gasteiger partial charge is 5.00 e. The molecule has 0 atom stereocenters. The van der Waals surface area contributed by atoms with E-state index in [-0.39, 0.29) is 52.7 Å².